The van der Waals surface area contributed by atoms with Gasteiger partial charge in [-0.05, 0) is 43.9 Å². The molecule has 0 aliphatic carbocycles. The smallest absolute Gasteiger partial charge is 0.242 e. The minimum Gasteiger partial charge on any atom is -0.354 e. The predicted molar refractivity (Wildman–Crippen MR) is 108 cm³/mol. The van der Waals surface area contributed by atoms with Crippen LogP contribution in [0.2, 0.25) is 0 Å². The largest absolute Gasteiger partial charge is 0.354 e. The first-order valence-electron chi connectivity index (χ1n) is 9.24. The van der Waals surface area contributed by atoms with E-state index in [4.69, 9.17) is 0 Å². The molecule has 0 unspecified atom stereocenters. The lowest BCUT2D eigenvalue weighted by Gasteiger charge is -2.18. The Hall–Kier alpha value is -2.18. The van der Waals surface area contributed by atoms with Gasteiger partial charge in [-0.3, -0.25) is 4.79 Å². The highest BCUT2D eigenvalue weighted by atomic mass is 32.2. The number of nitrogens with one attached hydrogen (secondary N) is 1. The van der Waals surface area contributed by atoms with Gasteiger partial charge in [0.1, 0.15) is 0 Å². The number of carbonyl (C=O) groups excluding carboxylic acids is 1. The summed E-state index contributed by atoms with van der Waals surface area (Å²) in [4.78, 5) is 12.4. The number of aryl methyl sites for hydroxylation is 1. The molecule has 2 aromatic rings. The van der Waals surface area contributed by atoms with E-state index in [2.05, 4.69) is 17.4 Å². The molecule has 6 heteroatoms. The molecule has 1 amide bonds. The van der Waals surface area contributed by atoms with Gasteiger partial charge in [0.05, 0.1) is 4.90 Å². The Morgan fingerprint density at radius 1 is 1.04 bits per heavy atom. The van der Waals surface area contributed by atoms with Crippen LogP contribution in [0.5, 0.6) is 0 Å². The van der Waals surface area contributed by atoms with Gasteiger partial charge in [-0.15, -0.1) is 0 Å². The van der Waals surface area contributed by atoms with Crippen molar-refractivity contribution < 1.29 is 13.2 Å². The Morgan fingerprint density at radius 3 is 2.26 bits per heavy atom. The van der Waals surface area contributed by atoms with Crippen molar-refractivity contribution in [2.75, 3.05) is 13.6 Å². The lowest BCUT2D eigenvalue weighted by atomic mass is 10.1. The number of hydrogen-bond acceptors (Lipinski definition) is 3. The lowest BCUT2D eigenvalue weighted by molar-refractivity contribution is -0.121. The molecule has 5 nitrogen and oxygen atoms in total. The summed E-state index contributed by atoms with van der Waals surface area (Å²) in [6.45, 7) is 2.30. The highest BCUT2D eigenvalue weighted by Crippen LogP contribution is 2.14. The van der Waals surface area contributed by atoms with E-state index in [0.29, 0.717) is 19.4 Å². The maximum absolute atomic E-state index is 12.4. The zero-order valence-corrected chi connectivity index (χ0v) is 16.8. The second-order valence-corrected chi connectivity index (χ2v) is 8.78. The van der Waals surface area contributed by atoms with Crippen molar-refractivity contribution in [3.8, 4) is 0 Å². The topological polar surface area (TPSA) is 66.5 Å². The van der Waals surface area contributed by atoms with E-state index in [1.807, 2.05) is 25.1 Å². The van der Waals surface area contributed by atoms with Gasteiger partial charge in [-0.1, -0.05) is 48.5 Å². The van der Waals surface area contributed by atoms with Gasteiger partial charge in [0.15, 0.2) is 0 Å². The summed E-state index contributed by atoms with van der Waals surface area (Å²) in [5.41, 5.74) is 1.26. The molecule has 0 aromatic heterocycles. The number of hydrogen-bond donors (Lipinski definition) is 1. The monoisotopic (exact) mass is 388 g/mol. The Kier molecular flexibility index (Phi) is 8.00. The van der Waals surface area contributed by atoms with E-state index < -0.39 is 10.0 Å². The summed E-state index contributed by atoms with van der Waals surface area (Å²) in [5.74, 6) is -0.0407. The summed E-state index contributed by atoms with van der Waals surface area (Å²) >= 11 is 0. The van der Waals surface area contributed by atoms with E-state index in [9.17, 15) is 13.2 Å². The average Bonchev–Trinajstić information content (AvgIpc) is 2.67. The van der Waals surface area contributed by atoms with Crippen LogP contribution in [0.25, 0.3) is 0 Å². The van der Waals surface area contributed by atoms with E-state index >= 15 is 0 Å². The second-order valence-electron chi connectivity index (χ2n) is 6.74. The first-order valence-corrected chi connectivity index (χ1v) is 10.7. The standard InChI is InChI=1S/C21H28N2O3S/c1-18(15-16-19-10-5-3-6-11-19)22-21(24)14-9-17-23(2)27(25,26)20-12-7-4-8-13-20/h3-8,10-13,18H,9,14-17H2,1-2H3,(H,22,24)/t18-/m1/s1. The molecule has 0 aliphatic rings. The summed E-state index contributed by atoms with van der Waals surface area (Å²) in [6.07, 6.45) is 2.59. The van der Waals surface area contributed by atoms with Crippen LogP contribution in [0.15, 0.2) is 65.6 Å². The van der Waals surface area contributed by atoms with Crippen molar-refractivity contribution >= 4 is 15.9 Å². The number of carbonyl (C=O) groups is 1. The fraction of sp³-hybridized carbons (Fsp3) is 0.381. The fourth-order valence-electron chi connectivity index (χ4n) is 2.80. The van der Waals surface area contributed by atoms with Crippen molar-refractivity contribution in [1.29, 1.82) is 0 Å². The van der Waals surface area contributed by atoms with E-state index in [1.54, 1.807) is 37.4 Å². The molecule has 0 saturated carbocycles. The highest BCUT2D eigenvalue weighted by molar-refractivity contribution is 7.89. The highest BCUT2D eigenvalue weighted by Gasteiger charge is 2.20. The minimum absolute atomic E-state index is 0.0407. The Balaban J connectivity index is 1.70. The van der Waals surface area contributed by atoms with Gasteiger partial charge in [-0.2, -0.15) is 0 Å². The molecule has 2 rings (SSSR count). The second kappa shape index (κ2) is 10.2. The number of nitrogens with zero attached hydrogens (tertiary/aromatic N) is 1. The predicted octanol–water partition coefficient (Wildman–Crippen LogP) is 3.22. The van der Waals surface area contributed by atoms with Gasteiger partial charge >= 0.3 is 0 Å². The van der Waals surface area contributed by atoms with Crippen LogP contribution < -0.4 is 5.32 Å². The van der Waals surface area contributed by atoms with Gasteiger partial charge in [0.25, 0.3) is 0 Å². The fourth-order valence-corrected chi connectivity index (χ4v) is 4.03. The van der Waals surface area contributed by atoms with Crippen LogP contribution in [-0.4, -0.2) is 38.3 Å². The molecule has 0 fully saturated rings. The van der Waals surface area contributed by atoms with Gasteiger partial charge in [0.2, 0.25) is 15.9 Å². The number of rotatable bonds is 10. The minimum atomic E-state index is -3.50. The summed E-state index contributed by atoms with van der Waals surface area (Å²) in [6, 6.07) is 18.6. The van der Waals surface area contributed by atoms with Crippen LogP contribution in [0.3, 0.4) is 0 Å². The molecule has 0 saturated heterocycles. The third-order valence-electron chi connectivity index (χ3n) is 4.44. The Morgan fingerprint density at radius 2 is 1.63 bits per heavy atom. The Labute approximate surface area is 162 Å². The van der Waals surface area contributed by atoms with Crippen molar-refractivity contribution in [2.24, 2.45) is 0 Å². The third-order valence-corrected chi connectivity index (χ3v) is 6.32. The zero-order chi connectivity index (χ0) is 19.7. The third kappa shape index (κ3) is 6.81. The lowest BCUT2D eigenvalue weighted by Crippen LogP contribution is -2.34. The molecule has 0 spiro atoms. The van der Waals surface area contributed by atoms with Crippen LogP contribution >= 0.6 is 0 Å². The molecule has 2 aromatic carbocycles. The Bertz CT molecular complexity index is 808. The van der Waals surface area contributed by atoms with Crippen LogP contribution in [0, 0.1) is 0 Å². The number of benzene rings is 2. The van der Waals surface area contributed by atoms with Crippen LogP contribution in [0.1, 0.15) is 31.7 Å². The van der Waals surface area contributed by atoms with E-state index in [0.717, 1.165) is 12.8 Å². The van der Waals surface area contributed by atoms with Crippen molar-refractivity contribution in [2.45, 2.75) is 43.5 Å². The van der Waals surface area contributed by atoms with Crippen molar-refractivity contribution in [3.63, 3.8) is 0 Å². The first-order chi connectivity index (χ1) is 12.9. The van der Waals surface area contributed by atoms with Crippen LogP contribution in [0.4, 0.5) is 0 Å². The molecule has 1 atom stereocenters. The van der Waals surface area contributed by atoms with Gasteiger partial charge in [-0.25, -0.2) is 12.7 Å². The molecule has 0 heterocycles. The summed E-state index contributed by atoms with van der Waals surface area (Å²) < 4.78 is 26.2. The van der Waals surface area contributed by atoms with E-state index in [-0.39, 0.29) is 16.8 Å². The summed E-state index contributed by atoms with van der Waals surface area (Å²) in [5, 5.41) is 2.99. The van der Waals surface area contributed by atoms with Crippen LogP contribution in [-0.2, 0) is 21.2 Å². The molecule has 0 aliphatic heterocycles. The SMILES string of the molecule is C[C@H](CCc1ccccc1)NC(=O)CCCN(C)S(=O)(=O)c1ccccc1. The molecular weight excluding hydrogens is 360 g/mol. The maximum atomic E-state index is 12.4. The van der Waals surface area contributed by atoms with Crippen molar-refractivity contribution in [1.82, 2.24) is 9.62 Å². The average molecular weight is 389 g/mol. The van der Waals surface area contributed by atoms with Crippen molar-refractivity contribution in [3.05, 3.63) is 66.2 Å². The quantitative estimate of drug-likeness (QED) is 0.680. The normalized spacial score (nSPS) is 12.7. The zero-order valence-electron chi connectivity index (χ0n) is 16.0. The molecular formula is C21H28N2O3S. The summed E-state index contributed by atoms with van der Waals surface area (Å²) in [7, 11) is -1.95. The maximum Gasteiger partial charge on any atom is 0.242 e. The molecule has 1 N–H and O–H groups in total. The number of sulfonamides is 1. The van der Waals surface area contributed by atoms with E-state index in [1.165, 1.54) is 9.87 Å². The molecule has 0 bridgehead atoms. The molecule has 0 radical (unpaired) electrons. The first kappa shape index (κ1) is 21.1. The molecule has 146 valence electrons. The van der Waals surface area contributed by atoms with Gasteiger partial charge in [0, 0.05) is 26.1 Å². The van der Waals surface area contributed by atoms with Gasteiger partial charge < -0.3 is 5.32 Å². The molecule has 27 heavy (non-hydrogen) atoms. The number of amides is 1.